The lowest BCUT2D eigenvalue weighted by atomic mass is 10.1. The molecule has 7 N–H and O–H groups in total. The monoisotopic (exact) mass is 600 g/mol. The summed E-state index contributed by atoms with van der Waals surface area (Å²) in [6, 6.07) is 9.06. The second-order valence-electron chi connectivity index (χ2n) is 9.08. The molecule has 226 valence electrons. The molecule has 0 bridgehead atoms. The number of anilines is 2. The highest BCUT2D eigenvalue weighted by molar-refractivity contribution is 6.47. The molecule has 0 aliphatic heterocycles. The number of pyridine rings is 1. The van der Waals surface area contributed by atoms with Gasteiger partial charge in [0.05, 0.1) is 12.6 Å². The third-order valence-corrected chi connectivity index (χ3v) is 5.82. The van der Waals surface area contributed by atoms with Crippen LogP contribution >= 0.6 is 0 Å². The molecule has 10 nitrogen and oxygen atoms in total. The third kappa shape index (κ3) is 8.63. The van der Waals surface area contributed by atoms with Crippen molar-refractivity contribution in [3.8, 4) is 11.5 Å². The molecule has 3 aromatic rings. The van der Waals surface area contributed by atoms with E-state index >= 15 is 0 Å². The molecule has 0 fully saturated rings. The van der Waals surface area contributed by atoms with E-state index in [-0.39, 0.29) is 35.3 Å². The van der Waals surface area contributed by atoms with Gasteiger partial charge in [0.2, 0.25) is 0 Å². The SMILES string of the molecule is C/C(=C\C=C/C(=NO)C(=O)Nc1ccc(Oc2ccnc(N)c2C(N)=N[C@H](C)CO)c(C(F)(F)F)c1)c1ccc(F)cc1. The summed E-state index contributed by atoms with van der Waals surface area (Å²) in [5.41, 5.74) is 11.2. The molecule has 0 radical (unpaired) electrons. The molecule has 0 saturated carbocycles. The largest absolute Gasteiger partial charge is 0.456 e. The van der Waals surface area contributed by atoms with Gasteiger partial charge in [0.15, 0.2) is 5.71 Å². The van der Waals surface area contributed by atoms with Gasteiger partial charge in [-0.2, -0.15) is 13.2 Å². The average molecular weight is 601 g/mol. The Morgan fingerprint density at radius 2 is 1.86 bits per heavy atom. The van der Waals surface area contributed by atoms with Crippen LogP contribution in [-0.2, 0) is 11.0 Å². The number of halogens is 4. The van der Waals surface area contributed by atoms with Crippen molar-refractivity contribution in [2.45, 2.75) is 26.1 Å². The first-order chi connectivity index (χ1) is 20.3. The van der Waals surface area contributed by atoms with Crippen LogP contribution in [0.15, 0.2) is 83.1 Å². The maximum atomic E-state index is 14.0. The Morgan fingerprint density at radius 3 is 2.49 bits per heavy atom. The Morgan fingerprint density at radius 1 is 1.16 bits per heavy atom. The number of hydrogen-bond acceptors (Lipinski definition) is 8. The Bertz CT molecular complexity index is 1580. The van der Waals surface area contributed by atoms with Gasteiger partial charge in [-0.05, 0) is 61.4 Å². The number of allylic oxidation sites excluding steroid dienone is 3. The number of benzene rings is 2. The molecule has 1 atom stereocenters. The molecule has 1 heterocycles. The smallest absolute Gasteiger partial charge is 0.420 e. The Hall–Kier alpha value is -5.24. The van der Waals surface area contributed by atoms with E-state index in [1.54, 1.807) is 32.1 Å². The zero-order valence-electron chi connectivity index (χ0n) is 22.9. The zero-order valence-corrected chi connectivity index (χ0v) is 22.9. The first-order valence-electron chi connectivity index (χ1n) is 12.6. The molecular weight excluding hydrogens is 572 g/mol. The number of oxime groups is 1. The van der Waals surface area contributed by atoms with E-state index in [0.717, 1.165) is 18.2 Å². The van der Waals surface area contributed by atoms with Crippen LogP contribution in [-0.4, -0.2) is 45.4 Å². The summed E-state index contributed by atoms with van der Waals surface area (Å²) in [6.07, 6.45) is 0.388. The number of aliphatic hydroxyl groups is 1. The number of nitrogen functional groups attached to an aromatic ring is 1. The summed E-state index contributed by atoms with van der Waals surface area (Å²) in [7, 11) is 0. The molecule has 0 aliphatic carbocycles. The number of aromatic nitrogens is 1. The number of hydrogen-bond donors (Lipinski definition) is 5. The molecule has 43 heavy (non-hydrogen) atoms. The fraction of sp³-hybridized carbons (Fsp3) is 0.172. The van der Waals surface area contributed by atoms with Gasteiger partial charge in [-0.3, -0.25) is 9.79 Å². The van der Waals surface area contributed by atoms with Crippen molar-refractivity contribution in [2.75, 3.05) is 17.7 Å². The number of rotatable bonds is 10. The number of nitrogens with one attached hydrogen (secondary N) is 1. The van der Waals surface area contributed by atoms with E-state index in [1.807, 2.05) is 0 Å². The van der Waals surface area contributed by atoms with Gasteiger partial charge in [-0.25, -0.2) is 9.37 Å². The second kappa shape index (κ2) is 14.1. The van der Waals surface area contributed by atoms with E-state index in [1.165, 1.54) is 30.5 Å². The van der Waals surface area contributed by atoms with Gasteiger partial charge >= 0.3 is 6.18 Å². The number of aliphatic hydroxyl groups excluding tert-OH is 1. The second-order valence-corrected chi connectivity index (χ2v) is 9.08. The fourth-order valence-electron chi connectivity index (χ4n) is 3.62. The highest BCUT2D eigenvalue weighted by Crippen LogP contribution is 2.40. The lowest BCUT2D eigenvalue weighted by Crippen LogP contribution is -2.22. The van der Waals surface area contributed by atoms with Crippen LogP contribution in [0.1, 0.15) is 30.5 Å². The van der Waals surface area contributed by atoms with Crippen LogP contribution < -0.4 is 21.5 Å². The first kappa shape index (κ1) is 32.3. The summed E-state index contributed by atoms with van der Waals surface area (Å²) >= 11 is 0. The predicted molar refractivity (Wildman–Crippen MR) is 154 cm³/mol. The normalized spacial score (nSPS) is 13.7. The molecule has 0 aliphatic rings. The first-order valence-corrected chi connectivity index (χ1v) is 12.6. The Labute approximate surface area is 243 Å². The quantitative estimate of drug-likeness (QED) is 0.0537. The van der Waals surface area contributed by atoms with Gasteiger partial charge in [0.1, 0.15) is 40.1 Å². The number of carbonyl (C=O) groups excluding carboxylic acids is 1. The van der Waals surface area contributed by atoms with Gasteiger partial charge < -0.3 is 31.8 Å². The maximum Gasteiger partial charge on any atom is 0.420 e. The number of amidine groups is 1. The molecule has 0 unspecified atom stereocenters. The third-order valence-electron chi connectivity index (χ3n) is 5.82. The molecule has 0 saturated heterocycles. The number of aliphatic imine (C=N–C) groups is 1. The number of nitrogens with two attached hydrogens (primary N) is 2. The standard InChI is InChI=1S/C29H28F4N6O4/c1-16(18-6-8-19(30)9-7-18)4-3-5-22(39-42)28(41)38-20-10-11-23(21(14-20)29(31,32)33)43-24-12-13-36-26(34)25(24)27(35)37-17(2)15-40/h3-14,17,40,42H,15H2,1-2H3,(H2,34,36)(H2,35,37)(H,38,41)/b5-3-,16-4+,39-22?/t17-/m1/s1. The van der Waals surface area contributed by atoms with Crippen molar-refractivity contribution in [2.24, 2.45) is 15.9 Å². The van der Waals surface area contributed by atoms with E-state index < -0.39 is 41.0 Å². The lowest BCUT2D eigenvalue weighted by molar-refractivity contribution is -0.138. The Kier molecular flexibility index (Phi) is 10.6. The van der Waals surface area contributed by atoms with Crippen molar-refractivity contribution < 1.29 is 37.4 Å². The number of alkyl halides is 3. The molecule has 2 aromatic carbocycles. The summed E-state index contributed by atoms with van der Waals surface area (Å²) < 4.78 is 60.8. The minimum Gasteiger partial charge on any atom is -0.456 e. The van der Waals surface area contributed by atoms with E-state index in [2.05, 4.69) is 20.4 Å². The van der Waals surface area contributed by atoms with E-state index in [0.29, 0.717) is 17.2 Å². The van der Waals surface area contributed by atoms with Gasteiger partial charge in [0, 0.05) is 18.0 Å². The molecule has 0 spiro atoms. The topological polar surface area (TPSA) is 168 Å². The van der Waals surface area contributed by atoms with Crippen LogP contribution in [0.2, 0.25) is 0 Å². The number of carbonyl (C=O) groups is 1. The molecule has 14 heteroatoms. The van der Waals surface area contributed by atoms with E-state index in [4.69, 9.17) is 16.2 Å². The van der Waals surface area contributed by atoms with E-state index in [9.17, 15) is 32.7 Å². The zero-order chi connectivity index (χ0) is 31.7. The van der Waals surface area contributed by atoms with Crippen molar-refractivity contribution in [1.29, 1.82) is 0 Å². The Balaban J connectivity index is 1.86. The van der Waals surface area contributed by atoms with Gasteiger partial charge in [-0.1, -0.05) is 29.4 Å². The molecular formula is C29H28F4N6O4. The van der Waals surface area contributed by atoms with Crippen LogP contribution in [0.3, 0.4) is 0 Å². The summed E-state index contributed by atoms with van der Waals surface area (Å²) in [5.74, 6) is -2.58. The highest BCUT2D eigenvalue weighted by atomic mass is 19.4. The average Bonchev–Trinajstić information content (AvgIpc) is 2.95. The van der Waals surface area contributed by atoms with Crippen molar-refractivity contribution in [1.82, 2.24) is 4.98 Å². The number of nitrogens with zero attached hydrogens (tertiary/aromatic N) is 3. The van der Waals surface area contributed by atoms with Gasteiger partial charge in [0.25, 0.3) is 5.91 Å². The summed E-state index contributed by atoms with van der Waals surface area (Å²) in [6.45, 7) is 2.95. The molecule has 3 rings (SSSR count). The van der Waals surface area contributed by atoms with Crippen molar-refractivity contribution >= 4 is 34.5 Å². The van der Waals surface area contributed by atoms with Crippen LogP contribution in [0.5, 0.6) is 11.5 Å². The number of amides is 1. The van der Waals surface area contributed by atoms with Crippen LogP contribution in [0.4, 0.5) is 29.1 Å². The maximum absolute atomic E-state index is 14.0. The van der Waals surface area contributed by atoms with Crippen LogP contribution in [0, 0.1) is 5.82 Å². The summed E-state index contributed by atoms with van der Waals surface area (Å²) in [5, 5.41) is 23.7. The fourth-order valence-corrected chi connectivity index (χ4v) is 3.62. The van der Waals surface area contributed by atoms with Crippen molar-refractivity contribution in [3.63, 3.8) is 0 Å². The molecule has 1 amide bonds. The minimum absolute atomic E-state index is 0.0624. The molecule has 1 aromatic heterocycles. The highest BCUT2D eigenvalue weighted by Gasteiger charge is 2.35. The van der Waals surface area contributed by atoms with Crippen molar-refractivity contribution in [3.05, 3.63) is 95.5 Å². The van der Waals surface area contributed by atoms with Gasteiger partial charge in [-0.15, -0.1) is 0 Å². The number of ether oxygens (including phenoxy) is 1. The minimum atomic E-state index is -4.92. The lowest BCUT2D eigenvalue weighted by Gasteiger charge is -2.18. The van der Waals surface area contributed by atoms with Crippen LogP contribution in [0.25, 0.3) is 5.57 Å². The predicted octanol–water partition coefficient (Wildman–Crippen LogP) is 5.13. The summed E-state index contributed by atoms with van der Waals surface area (Å²) in [4.78, 5) is 20.6.